The fraction of sp³-hybridized carbons (Fsp3) is 0.441. The molecule has 5 N–H and O–H groups in total. The first-order valence-corrected chi connectivity index (χ1v) is 17.4. The van der Waals surface area contributed by atoms with Crippen molar-refractivity contribution in [2.24, 2.45) is 0 Å². The molecule has 2 aliphatic rings. The smallest absolute Gasteiger partial charge is 0.406 e. The summed E-state index contributed by atoms with van der Waals surface area (Å²) in [7, 11) is -2.99. The number of carbonyl (C=O) groups excluding carboxylic acids is 1. The summed E-state index contributed by atoms with van der Waals surface area (Å²) in [6, 6.07) is 19.9. The Balaban J connectivity index is 1.33. The number of nitrogens with zero attached hydrogens (tertiary/aromatic N) is 1. The summed E-state index contributed by atoms with van der Waals surface area (Å²) in [5.74, 6) is -0.133. The summed E-state index contributed by atoms with van der Waals surface area (Å²) in [6.07, 6.45) is 0.284. The minimum atomic E-state index is -4.79. The molecule has 3 aromatic carbocycles. The van der Waals surface area contributed by atoms with Gasteiger partial charge in [-0.15, -0.1) is 23.9 Å². The van der Waals surface area contributed by atoms with E-state index >= 15 is 0 Å². The lowest BCUT2D eigenvalue weighted by molar-refractivity contribution is -0.274. The minimum absolute atomic E-state index is 0.0597. The number of alkyl halides is 3. The van der Waals surface area contributed by atoms with Crippen LogP contribution in [0.5, 0.6) is 5.75 Å². The second kappa shape index (κ2) is 15.1. The molecule has 2 fully saturated rings. The van der Waals surface area contributed by atoms with Crippen molar-refractivity contribution in [3.63, 3.8) is 0 Å². The van der Waals surface area contributed by atoms with Crippen molar-refractivity contribution in [2.75, 3.05) is 23.1 Å². The number of anilines is 1. The molecule has 250 valence electrons. The van der Waals surface area contributed by atoms with Crippen molar-refractivity contribution in [2.45, 2.75) is 75.9 Å². The topological polar surface area (TPSA) is 114 Å². The molecular weight excluding hydrogens is 619 g/mol. The van der Waals surface area contributed by atoms with E-state index in [0.29, 0.717) is 35.5 Å². The molecule has 3 aromatic rings. The van der Waals surface area contributed by atoms with Crippen LogP contribution in [0.4, 0.5) is 18.9 Å². The summed E-state index contributed by atoms with van der Waals surface area (Å²) < 4.78 is 65.3. The van der Waals surface area contributed by atoms with Crippen molar-refractivity contribution in [1.82, 2.24) is 10.6 Å². The van der Waals surface area contributed by atoms with Crippen molar-refractivity contribution in [3.05, 3.63) is 95.1 Å². The molecule has 0 unspecified atom stereocenters. The van der Waals surface area contributed by atoms with Crippen LogP contribution in [0.2, 0.25) is 0 Å². The second-order valence-corrected chi connectivity index (χ2v) is 14.2. The first-order valence-electron chi connectivity index (χ1n) is 15.7. The van der Waals surface area contributed by atoms with Gasteiger partial charge in [0.2, 0.25) is 0 Å². The highest BCUT2D eigenvalue weighted by Gasteiger charge is 2.32. The summed E-state index contributed by atoms with van der Waals surface area (Å²) in [5.41, 5.74) is 3.45. The maximum Gasteiger partial charge on any atom is 0.573 e. The number of benzene rings is 3. The number of nitrogens with one attached hydrogen (secondary N) is 2. The molecule has 0 radical (unpaired) electrons. The van der Waals surface area contributed by atoms with E-state index in [1.165, 1.54) is 18.2 Å². The molecule has 0 spiro atoms. The van der Waals surface area contributed by atoms with Gasteiger partial charge in [-0.3, -0.25) is 18.2 Å². The molecule has 1 saturated heterocycles. The van der Waals surface area contributed by atoms with E-state index in [1.54, 1.807) is 16.4 Å². The molecule has 12 heteroatoms. The zero-order valence-corrected chi connectivity index (χ0v) is 26.4. The molecule has 8 nitrogen and oxygen atoms in total. The molecule has 2 atom stereocenters. The van der Waals surface area contributed by atoms with E-state index in [4.69, 9.17) is 0 Å². The van der Waals surface area contributed by atoms with Crippen LogP contribution in [0.1, 0.15) is 71.5 Å². The molecule has 5 rings (SSSR count). The van der Waals surface area contributed by atoms with Crippen LogP contribution in [0.25, 0.3) is 0 Å². The number of rotatable bonds is 12. The lowest BCUT2D eigenvalue weighted by Crippen LogP contribution is -2.48. The Morgan fingerprint density at radius 3 is 2.41 bits per heavy atom. The Labute approximate surface area is 269 Å². The van der Waals surface area contributed by atoms with E-state index < -0.39 is 29.3 Å². The van der Waals surface area contributed by atoms with E-state index in [2.05, 4.69) is 15.4 Å². The third-order valence-corrected chi connectivity index (χ3v) is 10.5. The molecule has 1 heterocycles. The summed E-state index contributed by atoms with van der Waals surface area (Å²) >= 11 is 0. The van der Waals surface area contributed by atoms with E-state index in [1.807, 2.05) is 42.5 Å². The molecule has 46 heavy (non-hydrogen) atoms. The van der Waals surface area contributed by atoms with Crippen LogP contribution in [0, 0.1) is 0 Å². The molecule has 1 saturated carbocycles. The quantitative estimate of drug-likeness (QED) is 0.142. The van der Waals surface area contributed by atoms with E-state index in [-0.39, 0.29) is 30.7 Å². The third kappa shape index (κ3) is 9.38. The molecule has 1 aliphatic heterocycles. The number of aliphatic hydroxyl groups is 1. The molecule has 0 bridgehead atoms. The van der Waals surface area contributed by atoms with Gasteiger partial charge < -0.3 is 20.5 Å². The summed E-state index contributed by atoms with van der Waals surface area (Å²) in [5, 5.41) is 17.4. The maximum atomic E-state index is 13.9. The van der Waals surface area contributed by atoms with Crippen LogP contribution in [0.3, 0.4) is 0 Å². The standard InChI is InChI=1S/C34H42F3N3O5S/c35-34(36,37)45-30-14-8-11-25(17-30)22-38-23-32(41)31(18-24-9-2-1-3-10-24)39-33(42)28-19-27(26-12-4-5-13-26)20-29(21-28)40-15-6-7-16-46(40,43)44/h1-3,8-11,14,17,19-21,26,31-32,38,41,43-44H,4-7,12-13,15-16,18,22-23H2,(H,39,42)/t31-,32-/m0/s1. The lowest BCUT2D eigenvalue weighted by Gasteiger charge is -2.47. The van der Waals surface area contributed by atoms with Gasteiger partial charge in [0.25, 0.3) is 5.91 Å². The van der Waals surface area contributed by atoms with Gasteiger partial charge in [-0.25, -0.2) is 0 Å². The number of halogens is 3. The molecular formula is C34H42F3N3O5S. The number of carbonyl (C=O) groups is 1. The Hall–Kier alpha value is -3.29. The van der Waals surface area contributed by atoms with Crippen molar-refractivity contribution in [3.8, 4) is 5.75 Å². The summed E-state index contributed by atoms with van der Waals surface area (Å²) in [6.45, 7) is 0.723. The van der Waals surface area contributed by atoms with Gasteiger partial charge in [0.15, 0.2) is 0 Å². The van der Waals surface area contributed by atoms with Crippen molar-refractivity contribution in [1.29, 1.82) is 0 Å². The average Bonchev–Trinajstić information content (AvgIpc) is 3.56. The maximum absolute atomic E-state index is 13.9. The Morgan fingerprint density at radius 1 is 0.957 bits per heavy atom. The monoisotopic (exact) mass is 661 g/mol. The van der Waals surface area contributed by atoms with E-state index in [9.17, 15) is 32.2 Å². The van der Waals surface area contributed by atoms with Gasteiger partial charge >= 0.3 is 6.36 Å². The fourth-order valence-corrected chi connectivity index (χ4v) is 7.95. The van der Waals surface area contributed by atoms with Crippen molar-refractivity contribution < 1.29 is 36.9 Å². The first kappa shape index (κ1) is 34.1. The van der Waals surface area contributed by atoms with Gasteiger partial charge in [0.05, 0.1) is 23.6 Å². The van der Waals surface area contributed by atoms with Gasteiger partial charge in [-0.05, 0) is 85.0 Å². The van der Waals surface area contributed by atoms with Crippen LogP contribution >= 0.6 is 10.8 Å². The molecule has 1 amide bonds. The number of hydrogen-bond acceptors (Lipinski definition) is 7. The van der Waals surface area contributed by atoms with Gasteiger partial charge in [-0.1, -0.05) is 55.3 Å². The number of aliphatic hydroxyl groups excluding tert-OH is 1. The zero-order chi connectivity index (χ0) is 32.7. The van der Waals surface area contributed by atoms with Gasteiger partial charge in [0.1, 0.15) is 5.75 Å². The second-order valence-electron chi connectivity index (χ2n) is 12.1. The Kier molecular flexibility index (Phi) is 11.2. The Morgan fingerprint density at radius 2 is 1.70 bits per heavy atom. The average molecular weight is 662 g/mol. The van der Waals surface area contributed by atoms with Crippen LogP contribution in [0.15, 0.2) is 72.8 Å². The molecule has 0 aromatic heterocycles. The predicted molar refractivity (Wildman–Crippen MR) is 174 cm³/mol. The SMILES string of the molecule is O=C(N[C@@H](Cc1ccccc1)[C@@H](O)CNCc1cccc(OC(F)(F)F)c1)c1cc(C2CCCC2)cc(N2CCCCS2(O)O)c1. The largest absolute Gasteiger partial charge is 0.573 e. The summed E-state index contributed by atoms with van der Waals surface area (Å²) in [4.78, 5) is 13.9. The number of ether oxygens (including phenoxy) is 1. The van der Waals surface area contributed by atoms with Crippen LogP contribution in [-0.2, 0) is 13.0 Å². The third-order valence-electron chi connectivity index (χ3n) is 8.59. The fourth-order valence-electron chi connectivity index (χ4n) is 6.27. The minimum Gasteiger partial charge on any atom is -0.406 e. The van der Waals surface area contributed by atoms with Crippen LogP contribution < -0.4 is 19.7 Å². The van der Waals surface area contributed by atoms with E-state index in [0.717, 1.165) is 49.7 Å². The highest BCUT2D eigenvalue weighted by atomic mass is 32.3. The molecule has 1 aliphatic carbocycles. The Bertz CT molecular complexity index is 1450. The lowest BCUT2D eigenvalue weighted by atomic mass is 9.94. The highest BCUT2D eigenvalue weighted by Crippen LogP contribution is 2.50. The van der Waals surface area contributed by atoms with Gasteiger partial charge in [-0.2, -0.15) is 0 Å². The highest BCUT2D eigenvalue weighted by molar-refractivity contribution is 8.25. The first-order chi connectivity index (χ1) is 22.0. The van der Waals surface area contributed by atoms with Crippen molar-refractivity contribution >= 4 is 22.4 Å². The number of hydrogen-bond donors (Lipinski definition) is 5. The predicted octanol–water partition coefficient (Wildman–Crippen LogP) is 7.00. The number of amides is 1. The van der Waals surface area contributed by atoms with Gasteiger partial charge in [0, 0.05) is 25.2 Å². The normalized spacial score (nSPS) is 19.0. The zero-order valence-electron chi connectivity index (χ0n) is 25.6. The van der Waals surface area contributed by atoms with Crippen LogP contribution in [-0.4, -0.2) is 57.5 Å².